The summed E-state index contributed by atoms with van der Waals surface area (Å²) in [6, 6.07) is 0. The zero-order chi connectivity index (χ0) is 42.3. The predicted molar refractivity (Wildman–Crippen MR) is 203 cm³/mol. The van der Waals surface area contributed by atoms with E-state index in [1.165, 1.54) is 6.92 Å². The van der Waals surface area contributed by atoms with Crippen molar-refractivity contribution in [2.24, 2.45) is 44.8 Å². The molecule has 0 aromatic rings. The number of aliphatic hydroxyl groups is 8. The molecule has 5 saturated carbocycles. The summed E-state index contributed by atoms with van der Waals surface area (Å²) >= 11 is 0. The van der Waals surface area contributed by atoms with Crippen LogP contribution in [0.3, 0.4) is 0 Å². The zero-order valence-corrected chi connectivity index (χ0v) is 35.5. The molecule has 3 saturated heterocycles. The van der Waals surface area contributed by atoms with Gasteiger partial charge in [-0.25, -0.2) is 0 Å². The molecule has 21 atom stereocenters. The Bertz CT molecular complexity index is 1570. The van der Waals surface area contributed by atoms with Gasteiger partial charge in [0.1, 0.15) is 36.6 Å². The van der Waals surface area contributed by atoms with Crippen LogP contribution in [0.5, 0.6) is 0 Å². The lowest BCUT2D eigenvalue weighted by molar-refractivity contribution is -0.339. The molecular weight excluding hydrogens is 756 g/mol. The monoisotopic (exact) mass is 826 g/mol. The van der Waals surface area contributed by atoms with Crippen molar-refractivity contribution >= 4 is 5.97 Å². The van der Waals surface area contributed by atoms with Crippen molar-refractivity contribution in [1.82, 2.24) is 0 Å². The van der Waals surface area contributed by atoms with Gasteiger partial charge in [0, 0.05) is 12.8 Å². The molecule has 8 N–H and O–H groups in total. The Labute approximate surface area is 341 Å². The fourth-order valence-corrected chi connectivity index (χ4v) is 15.2. The Hall–Kier alpha value is -1.05. The van der Waals surface area contributed by atoms with Crippen LogP contribution in [0.15, 0.2) is 0 Å². The largest absolute Gasteiger partial charge is 0.457 e. The lowest BCUT2D eigenvalue weighted by Crippen LogP contribution is -2.65. The van der Waals surface area contributed by atoms with Crippen molar-refractivity contribution in [3.05, 3.63) is 0 Å². The molecule has 3 heterocycles. The van der Waals surface area contributed by atoms with E-state index in [-0.39, 0.29) is 52.1 Å². The van der Waals surface area contributed by atoms with Crippen LogP contribution in [0.4, 0.5) is 0 Å². The quantitative estimate of drug-likeness (QED) is 0.127. The van der Waals surface area contributed by atoms with Gasteiger partial charge in [0.25, 0.3) is 0 Å². The van der Waals surface area contributed by atoms with Crippen molar-refractivity contribution in [3.63, 3.8) is 0 Å². The maximum absolute atomic E-state index is 12.2. The molecule has 3 aliphatic heterocycles. The third kappa shape index (κ3) is 6.17. The van der Waals surface area contributed by atoms with Gasteiger partial charge >= 0.3 is 5.97 Å². The SMILES string of the molecule is CC(=O)O[C@@H]1CO[C@@H](O[C@H]2CC[C@]34C[C@]35CC[C@]3(C)[C@@H]([C@@]6(C)CC[C@@H](C(C)(C)O)O6)[C@@H](O)C[C@@]3(C)[C@@H]5C[C@H](O[C@@H]3O[C@H](CO)[C@@H](O)[C@H](O)[C@H]3O)C4C2(C)C)[C@H](O)[C@H]1O. The van der Waals surface area contributed by atoms with Gasteiger partial charge in [-0.05, 0) is 117 Å². The Kier molecular flexibility index (Phi) is 10.7. The highest BCUT2D eigenvalue weighted by molar-refractivity contribution is 5.66. The predicted octanol–water partition coefficient (Wildman–Crippen LogP) is 1.29. The number of rotatable bonds is 8. The summed E-state index contributed by atoms with van der Waals surface area (Å²) < 4.78 is 37.4. The molecule has 1 unspecified atom stereocenters. The fourth-order valence-electron chi connectivity index (χ4n) is 15.2. The normalized spacial score (nSPS) is 56.1. The van der Waals surface area contributed by atoms with Gasteiger partial charge in [-0.15, -0.1) is 0 Å². The second-order valence-electron chi connectivity index (χ2n) is 21.6. The van der Waals surface area contributed by atoms with Crippen LogP contribution < -0.4 is 0 Å². The van der Waals surface area contributed by atoms with Crippen LogP contribution in [-0.4, -0.2) is 151 Å². The highest BCUT2D eigenvalue weighted by atomic mass is 16.7. The molecule has 332 valence electrons. The lowest BCUT2D eigenvalue weighted by atomic mass is 9.41. The van der Waals surface area contributed by atoms with Crippen molar-refractivity contribution in [2.45, 2.75) is 204 Å². The standard InChI is InChI=1S/C43H70O15/c1-20(45)54-24-18-53-35(31(50)29(24)48)57-26-10-12-43-19-42(43)14-13-39(6)33(41(8)11-9-27(58-41)38(4,5)52)21(46)16-40(39,7)25(42)15-22(34(43)37(26,2)3)55-36-32(51)30(49)28(47)23(17-44)56-36/h21-36,44,46-52H,9-19H2,1-8H3/t21-,22-,23+,24+,25-,26-,27-,28+,29-,30-,31+,32+,33-,34?,35-,36+,39+,40-,41+,42-,43+/m0/s1. The Morgan fingerprint density at radius 2 is 1.47 bits per heavy atom. The van der Waals surface area contributed by atoms with Crippen LogP contribution in [0.25, 0.3) is 0 Å². The van der Waals surface area contributed by atoms with Crippen molar-refractivity contribution in [2.75, 3.05) is 13.2 Å². The lowest BCUT2D eigenvalue weighted by Gasteiger charge is -2.65. The molecule has 0 bridgehead atoms. The molecule has 8 aliphatic rings. The minimum absolute atomic E-state index is 0.0840. The molecule has 0 aromatic heterocycles. The van der Waals surface area contributed by atoms with E-state index in [0.29, 0.717) is 25.7 Å². The molecule has 0 aromatic carbocycles. The Balaban J connectivity index is 1.13. The molecule has 15 nitrogen and oxygen atoms in total. The molecular formula is C43H70O15. The van der Waals surface area contributed by atoms with Gasteiger partial charge in [-0.2, -0.15) is 0 Å². The number of hydrogen-bond acceptors (Lipinski definition) is 15. The minimum atomic E-state index is -1.61. The van der Waals surface area contributed by atoms with Crippen molar-refractivity contribution in [1.29, 1.82) is 0 Å². The summed E-state index contributed by atoms with van der Waals surface area (Å²) in [5.74, 6) is -0.868. The topological polar surface area (TPSA) is 234 Å². The first-order valence-electron chi connectivity index (χ1n) is 21.8. The molecule has 58 heavy (non-hydrogen) atoms. The van der Waals surface area contributed by atoms with Gasteiger partial charge < -0.3 is 69.3 Å². The van der Waals surface area contributed by atoms with Crippen molar-refractivity contribution < 1.29 is 74.1 Å². The van der Waals surface area contributed by atoms with Crippen LogP contribution in [-0.2, 0) is 33.2 Å². The highest BCUT2D eigenvalue weighted by Crippen LogP contribution is 2.89. The zero-order valence-electron chi connectivity index (χ0n) is 35.5. The summed E-state index contributed by atoms with van der Waals surface area (Å²) in [6.45, 7) is 15.1. The third-order valence-corrected chi connectivity index (χ3v) is 17.9. The average Bonchev–Trinajstić information content (AvgIpc) is 3.50. The second kappa shape index (κ2) is 14.2. The molecule has 5 aliphatic carbocycles. The summed E-state index contributed by atoms with van der Waals surface area (Å²) in [4.78, 5) is 11.6. The maximum atomic E-state index is 12.2. The van der Waals surface area contributed by atoms with E-state index in [1.807, 2.05) is 0 Å². The van der Waals surface area contributed by atoms with Crippen LogP contribution in [0.2, 0.25) is 0 Å². The van der Waals surface area contributed by atoms with Gasteiger partial charge in [-0.1, -0.05) is 27.7 Å². The minimum Gasteiger partial charge on any atom is -0.457 e. The van der Waals surface area contributed by atoms with E-state index in [4.69, 9.17) is 28.4 Å². The number of carbonyl (C=O) groups is 1. The first-order valence-corrected chi connectivity index (χ1v) is 21.8. The fraction of sp³-hybridized carbons (Fsp3) is 0.977. The number of carbonyl (C=O) groups excluding carboxylic acids is 1. The third-order valence-electron chi connectivity index (χ3n) is 17.9. The van der Waals surface area contributed by atoms with Crippen LogP contribution in [0, 0.1) is 44.8 Å². The molecule has 2 spiro atoms. The number of fused-ring (bicyclic) bond motifs is 2. The second-order valence-corrected chi connectivity index (χ2v) is 21.6. The first kappa shape index (κ1) is 43.6. The molecule has 8 fully saturated rings. The molecule has 0 radical (unpaired) electrons. The van der Waals surface area contributed by atoms with E-state index in [1.54, 1.807) is 13.8 Å². The summed E-state index contributed by atoms with van der Waals surface area (Å²) in [5, 5.41) is 88.0. The van der Waals surface area contributed by atoms with E-state index in [2.05, 4.69) is 34.6 Å². The smallest absolute Gasteiger partial charge is 0.303 e. The van der Waals surface area contributed by atoms with Crippen LogP contribution in [0.1, 0.15) is 113 Å². The van der Waals surface area contributed by atoms with E-state index < -0.39 is 103 Å². The highest BCUT2D eigenvalue weighted by Gasteiger charge is 2.85. The van der Waals surface area contributed by atoms with Gasteiger partial charge in [0.15, 0.2) is 18.7 Å². The van der Waals surface area contributed by atoms with Gasteiger partial charge in [-0.3, -0.25) is 4.79 Å². The molecule has 8 rings (SSSR count). The van der Waals surface area contributed by atoms with Crippen LogP contribution >= 0.6 is 0 Å². The first-order chi connectivity index (χ1) is 26.9. The van der Waals surface area contributed by atoms with E-state index in [9.17, 15) is 45.6 Å². The number of ether oxygens (including phenoxy) is 6. The van der Waals surface area contributed by atoms with Gasteiger partial charge in [0.05, 0.1) is 48.8 Å². The van der Waals surface area contributed by atoms with E-state index >= 15 is 0 Å². The summed E-state index contributed by atoms with van der Waals surface area (Å²) in [6.07, 6.45) is -7.63. The average molecular weight is 827 g/mol. The number of esters is 1. The molecule has 0 amide bonds. The Morgan fingerprint density at radius 3 is 2.10 bits per heavy atom. The summed E-state index contributed by atoms with van der Waals surface area (Å²) in [7, 11) is 0. The van der Waals surface area contributed by atoms with E-state index in [0.717, 1.165) is 32.1 Å². The summed E-state index contributed by atoms with van der Waals surface area (Å²) in [5.41, 5.74) is -3.28. The number of aliphatic hydroxyl groups excluding tert-OH is 7. The number of hydrogen-bond donors (Lipinski definition) is 8. The van der Waals surface area contributed by atoms with Gasteiger partial charge in [0.2, 0.25) is 0 Å². The van der Waals surface area contributed by atoms with Crippen molar-refractivity contribution in [3.8, 4) is 0 Å². The maximum Gasteiger partial charge on any atom is 0.303 e. The Morgan fingerprint density at radius 1 is 0.776 bits per heavy atom. The molecule has 15 heteroatoms.